The first-order valence-corrected chi connectivity index (χ1v) is 10.6. The lowest BCUT2D eigenvalue weighted by Gasteiger charge is -2.27. The fourth-order valence-corrected chi connectivity index (χ4v) is 4.43. The molecule has 0 radical (unpaired) electrons. The third kappa shape index (κ3) is 3.50. The summed E-state index contributed by atoms with van der Waals surface area (Å²) in [6.07, 6.45) is 7.10. The van der Waals surface area contributed by atoms with Gasteiger partial charge in [-0.1, -0.05) is 18.2 Å². The first-order valence-electron chi connectivity index (χ1n) is 10.6. The van der Waals surface area contributed by atoms with Gasteiger partial charge in [0.2, 0.25) is 5.91 Å². The molecule has 3 heterocycles. The van der Waals surface area contributed by atoms with Crippen molar-refractivity contribution in [3.8, 4) is 0 Å². The largest absolute Gasteiger partial charge is 0.361 e. The van der Waals surface area contributed by atoms with E-state index in [0.29, 0.717) is 18.9 Å². The number of para-hydroxylation sites is 1. The van der Waals surface area contributed by atoms with Crippen LogP contribution in [-0.4, -0.2) is 43.2 Å². The van der Waals surface area contributed by atoms with Crippen LogP contribution in [0.1, 0.15) is 37.1 Å². The number of benzene rings is 1. The van der Waals surface area contributed by atoms with E-state index in [-0.39, 0.29) is 17.6 Å². The van der Waals surface area contributed by atoms with Crippen molar-refractivity contribution < 1.29 is 4.79 Å². The predicted molar refractivity (Wildman–Crippen MR) is 111 cm³/mol. The smallest absolute Gasteiger partial charge is 0.345 e. The van der Waals surface area contributed by atoms with Gasteiger partial charge in [0, 0.05) is 49.7 Å². The molecule has 7 heteroatoms. The van der Waals surface area contributed by atoms with Gasteiger partial charge in [-0.15, -0.1) is 0 Å². The SMILES string of the molecule is CN(C(=O)Cc1c[nH]c2ccccc12)C1CCc2nn(CC3CC3)c(=O)n2CC1. The number of aromatic nitrogens is 4. The third-order valence-electron chi connectivity index (χ3n) is 6.47. The van der Waals surface area contributed by atoms with Gasteiger partial charge in [0.05, 0.1) is 6.42 Å². The van der Waals surface area contributed by atoms with Crippen molar-refractivity contribution in [2.75, 3.05) is 7.05 Å². The van der Waals surface area contributed by atoms with Crippen LogP contribution in [0.4, 0.5) is 0 Å². The van der Waals surface area contributed by atoms with Gasteiger partial charge in [0.25, 0.3) is 0 Å². The van der Waals surface area contributed by atoms with E-state index in [9.17, 15) is 9.59 Å². The molecule has 1 aromatic carbocycles. The summed E-state index contributed by atoms with van der Waals surface area (Å²) in [4.78, 5) is 30.7. The van der Waals surface area contributed by atoms with Crippen LogP contribution in [0, 0.1) is 5.92 Å². The molecule has 1 fully saturated rings. The average Bonchev–Trinajstić information content (AvgIpc) is 3.44. The van der Waals surface area contributed by atoms with Crippen LogP contribution in [0.5, 0.6) is 0 Å². The van der Waals surface area contributed by atoms with Crippen molar-refractivity contribution in [2.24, 2.45) is 5.92 Å². The van der Waals surface area contributed by atoms with E-state index in [2.05, 4.69) is 10.1 Å². The van der Waals surface area contributed by atoms with Crippen molar-refractivity contribution in [2.45, 2.75) is 57.7 Å². The fourth-order valence-electron chi connectivity index (χ4n) is 4.43. The number of nitrogens with zero attached hydrogens (tertiary/aromatic N) is 4. The highest BCUT2D eigenvalue weighted by Crippen LogP contribution is 2.30. The van der Waals surface area contributed by atoms with Crippen LogP contribution in [0.25, 0.3) is 10.9 Å². The van der Waals surface area contributed by atoms with Crippen molar-refractivity contribution in [1.82, 2.24) is 24.2 Å². The Bertz CT molecular complexity index is 1100. The number of amides is 1. The molecule has 7 nitrogen and oxygen atoms in total. The van der Waals surface area contributed by atoms with Gasteiger partial charge in [-0.2, -0.15) is 5.10 Å². The van der Waals surface area contributed by atoms with E-state index in [1.807, 2.05) is 47.0 Å². The van der Waals surface area contributed by atoms with Gasteiger partial charge < -0.3 is 9.88 Å². The van der Waals surface area contributed by atoms with Crippen LogP contribution >= 0.6 is 0 Å². The summed E-state index contributed by atoms with van der Waals surface area (Å²) < 4.78 is 3.47. The summed E-state index contributed by atoms with van der Waals surface area (Å²) in [6, 6.07) is 8.19. The highest BCUT2D eigenvalue weighted by molar-refractivity contribution is 5.88. The number of H-pyrrole nitrogens is 1. The molecule has 0 saturated heterocycles. The Kier molecular flexibility index (Phi) is 4.53. The number of rotatable bonds is 5. The summed E-state index contributed by atoms with van der Waals surface area (Å²) in [5, 5.41) is 5.69. The molecule has 3 aromatic rings. The van der Waals surface area contributed by atoms with Crippen LogP contribution in [0.3, 0.4) is 0 Å². The molecule has 1 aliphatic carbocycles. The maximum atomic E-state index is 12.9. The molecule has 29 heavy (non-hydrogen) atoms. The number of likely N-dealkylation sites (N-methyl/N-ethyl adjacent to an activating group) is 1. The van der Waals surface area contributed by atoms with Crippen LogP contribution in [0.15, 0.2) is 35.3 Å². The lowest BCUT2D eigenvalue weighted by atomic mass is 10.1. The second-order valence-electron chi connectivity index (χ2n) is 8.50. The first kappa shape index (κ1) is 18.2. The molecule has 1 atom stereocenters. The van der Waals surface area contributed by atoms with Crippen molar-refractivity contribution >= 4 is 16.8 Å². The van der Waals surface area contributed by atoms with Gasteiger partial charge >= 0.3 is 5.69 Å². The maximum absolute atomic E-state index is 12.9. The normalized spacial score (nSPS) is 19.1. The van der Waals surface area contributed by atoms with Crippen LogP contribution in [-0.2, 0) is 30.7 Å². The molecule has 1 saturated carbocycles. The quantitative estimate of drug-likeness (QED) is 0.723. The number of aryl methyl sites for hydroxylation is 1. The Morgan fingerprint density at radius 1 is 1.24 bits per heavy atom. The second kappa shape index (κ2) is 7.21. The number of hydrogen-bond donors (Lipinski definition) is 1. The number of carbonyl (C=O) groups excluding carboxylic acids is 1. The average molecular weight is 393 g/mol. The molecule has 1 N–H and O–H groups in total. The predicted octanol–water partition coefficient (Wildman–Crippen LogP) is 2.34. The van der Waals surface area contributed by atoms with Gasteiger partial charge in [0.15, 0.2) is 0 Å². The van der Waals surface area contributed by atoms with Crippen molar-refractivity contribution in [3.05, 3.63) is 52.3 Å². The zero-order chi connectivity index (χ0) is 20.0. The number of aromatic amines is 1. The molecule has 5 rings (SSSR count). The van der Waals surface area contributed by atoms with Crippen LogP contribution in [0.2, 0.25) is 0 Å². The molecule has 2 aliphatic rings. The summed E-state index contributed by atoms with van der Waals surface area (Å²) in [5.41, 5.74) is 2.10. The Labute approximate surface area is 169 Å². The molecule has 0 bridgehead atoms. The zero-order valence-corrected chi connectivity index (χ0v) is 16.8. The lowest BCUT2D eigenvalue weighted by Crippen LogP contribution is -2.38. The molecule has 1 aliphatic heterocycles. The molecule has 2 aromatic heterocycles. The minimum Gasteiger partial charge on any atom is -0.361 e. The van der Waals surface area contributed by atoms with Crippen molar-refractivity contribution in [1.29, 1.82) is 0 Å². The van der Waals surface area contributed by atoms with E-state index in [0.717, 1.165) is 48.1 Å². The lowest BCUT2D eigenvalue weighted by molar-refractivity contribution is -0.131. The van der Waals surface area contributed by atoms with Gasteiger partial charge in [0.1, 0.15) is 5.82 Å². The van der Waals surface area contributed by atoms with E-state index >= 15 is 0 Å². The van der Waals surface area contributed by atoms with E-state index < -0.39 is 0 Å². The van der Waals surface area contributed by atoms with E-state index in [1.54, 1.807) is 4.68 Å². The Morgan fingerprint density at radius 2 is 2.07 bits per heavy atom. The first-order chi connectivity index (χ1) is 14.1. The second-order valence-corrected chi connectivity index (χ2v) is 8.50. The molecule has 1 amide bonds. The molecule has 152 valence electrons. The highest BCUT2D eigenvalue weighted by Gasteiger charge is 2.28. The standard InChI is InChI=1S/C22H27N5O2/c1-25(21(28)12-16-13-23-19-5-3-2-4-18(16)19)17-8-9-20-24-27(14-15-6-7-15)22(29)26(20)11-10-17/h2-5,13,15,17,23H,6-12,14H2,1H3. The molecule has 1 unspecified atom stereocenters. The highest BCUT2D eigenvalue weighted by atomic mass is 16.2. The Morgan fingerprint density at radius 3 is 2.90 bits per heavy atom. The number of fused-ring (bicyclic) bond motifs is 2. The van der Waals surface area contributed by atoms with Gasteiger partial charge in [-0.25, -0.2) is 9.48 Å². The molecular weight excluding hydrogens is 366 g/mol. The topological polar surface area (TPSA) is 75.9 Å². The maximum Gasteiger partial charge on any atom is 0.345 e. The number of carbonyl (C=O) groups is 1. The van der Waals surface area contributed by atoms with E-state index in [1.165, 1.54) is 12.8 Å². The summed E-state index contributed by atoms with van der Waals surface area (Å²) in [7, 11) is 1.89. The summed E-state index contributed by atoms with van der Waals surface area (Å²) in [6.45, 7) is 1.39. The summed E-state index contributed by atoms with van der Waals surface area (Å²) in [5.74, 6) is 1.62. The zero-order valence-electron chi connectivity index (χ0n) is 16.8. The minimum absolute atomic E-state index is 0.0142. The van der Waals surface area contributed by atoms with Gasteiger partial charge in [-0.3, -0.25) is 9.36 Å². The van der Waals surface area contributed by atoms with Crippen LogP contribution < -0.4 is 5.69 Å². The Balaban J connectivity index is 1.26. The molecule has 0 spiro atoms. The molecular formula is C22H27N5O2. The Hall–Kier alpha value is -2.83. The summed E-state index contributed by atoms with van der Waals surface area (Å²) >= 11 is 0. The monoisotopic (exact) mass is 393 g/mol. The number of nitrogens with one attached hydrogen (secondary N) is 1. The van der Waals surface area contributed by atoms with Gasteiger partial charge in [-0.05, 0) is 43.2 Å². The third-order valence-corrected chi connectivity index (χ3v) is 6.47. The number of hydrogen-bond acceptors (Lipinski definition) is 3. The van der Waals surface area contributed by atoms with Crippen molar-refractivity contribution in [3.63, 3.8) is 0 Å². The van der Waals surface area contributed by atoms with E-state index in [4.69, 9.17) is 0 Å². The fraction of sp³-hybridized carbons (Fsp3) is 0.500. The minimum atomic E-state index is 0.0142.